The number of hydrogen-bond acceptors (Lipinski definition) is 7. The van der Waals surface area contributed by atoms with Gasteiger partial charge in [0.15, 0.2) is 17.1 Å². The van der Waals surface area contributed by atoms with E-state index >= 15 is 4.39 Å². The zero-order valence-electron chi connectivity index (χ0n) is 16.9. The third-order valence-electron chi connectivity index (χ3n) is 4.20. The quantitative estimate of drug-likeness (QED) is 0.303. The monoisotopic (exact) mass is 472 g/mol. The average Bonchev–Trinajstić information content (AvgIpc) is 3.21. The molecule has 1 aromatic heterocycles. The fraction of sp³-hybridized carbons (Fsp3) is 0.182. The number of ether oxygens (including phenoxy) is 2. The third kappa shape index (κ3) is 5.17. The van der Waals surface area contributed by atoms with E-state index in [0.29, 0.717) is 12.4 Å². The van der Waals surface area contributed by atoms with Crippen molar-refractivity contribution in [3.8, 4) is 23.6 Å². The summed E-state index contributed by atoms with van der Waals surface area (Å²) in [6.07, 6.45) is -0.0717. The Labute approximate surface area is 193 Å². The molecule has 0 atom stereocenters. The summed E-state index contributed by atoms with van der Waals surface area (Å²) >= 11 is 12.1. The van der Waals surface area contributed by atoms with Gasteiger partial charge in [0.1, 0.15) is 17.6 Å². The van der Waals surface area contributed by atoms with Crippen molar-refractivity contribution in [2.24, 2.45) is 0 Å². The molecule has 3 rings (SSSR count). The number of halogens is 3. The molecule has 3 aromatic rings. The molecule has 0 radical (unpaired) electrons. The molecule has 0 saturated carbocycles. The molecule has 162 valence electrons. The number of nitrogens with zero attached hydrogens (tertiary/aromatic N) is 4. The Bertz CT molecular complexity index is 1280. The maximum atomic E-state index is 15.2. The van der Waals surface area contributed by atoms with Crippen LogP contribution < -0.4 is 4.74 Å². The Balaban J connectivity index is 1.90. The molecule has 0 aliphatic rings. The van der Waals surface area contributed by atoms with E-state index in [1.165, 1.54) is 30.3 Å². The van der Waals surface area contributed by atoms with E-state index in [1.54, 1.807) is 13.8 Å². The van der Waals surface area contributed by atoms with Crippen molar-refractivity contribution in [2.45, 2.75) is 20.3 Å². The number of aromatic nitrogens is 2. The summed E-state index contributed by atoms with van der Waals surface area (Å²) in [7, 11) is 0. The van der Waals surface area contributed by atoms with Gasteiger partial charge in [-0.25, -0.2) is 4.39 Å². The first kappa shape index (κ1) is 23.1. The molecule has 2 aromatic carbocycles. The Kier molecular flexibility index (Phi) is 7.32. The first-order chi connectivity index (χ1) is 15.4. The molecule has 0 saturated heterocycles. The van der Waals surface area contributed by atoms with Gasteiger partial charge in [0, 0.05) is 10.6 Å². The van der Waals surface area contributed by atoms with Crippen molar-refractivity contribution >= 4 is 28.8 Å². The summed E-state index contributed by atoms with van der Waals surface area (Å²) in [4.78, 5) is 0. The third-order valence-corrected chi connectivity index (χ3v) is 4.71. The van der Waals surface area contributed by atoms with Gasteiger partial charge in [0.25, 0.3) is 5.89 Å². The van der Waals surface area contributed by atoms with Crippen molar-refractivity contribution in [3.05, 3.63) is 74.9 Å². The second-order valence-electron chi connectivity index (χ2n) is 6.39. The predicted octanol–water partition coefficient (Wildman–Crippen LogP) is 6.06. The van der Waals surface area contributed by atoms with Gasteiger partial charge in [0.2, 0.25) is 5.89 Å². The van der Waals surface area contributed by atoms with Crippen molar-refractivity contribution in [3.63, 3.8) is 0 Å². The Hall–Kier alpha value is -3.59. The number of hydrogen-bond donors (Lipinski definition) is 0. The van der Waals surface area contributed by atoms with E-state index in [2.05, 4.69) is 10.2 Å². The average molecular weight is 473 g/mol. The van der Waals surface area contributed by atoms with Crippen LogP contribution in [0.25, 0.3) is 5.57 Å². The lowest BCUT2D eigenvalue weighted by Gasteiger charge is -2.11. The minimum absolute atomic E-state index is 0.0257. The second kappa shape index (κ2) is 10.1. The van der Waals surface area contributed by atoms with Crippen molar-refractivity contribution in [1.82, 2.24) is 10.2 Å². The van der Waals surface area contributed by atoms with E-state index in [0.717, 1.165) is 0 Å². The van der Waals surface area contributed by atoms with Gasteiger partial charge in [-0.05, 0) is 38.1 Å². The lowest BCUT2D eigenvalue weighted by Crippen LogP contribution is -1.98. The minimum Gasteiger partial charge on any atom is -0.497 e. The molecule has 32 heavy (non-hydrogen) atoms. The van der Waals surface area contributed by atoms with E-state index in [-0.39, 0.29) is 56.4 Å². The van der Waals surface area contributed by atoms with Crippen LogP contribution in [0.2, 0.25) is 10.0 Å². The molecule has 7 nitrogen and oxygen atoms in total. The van der Waals surface area contributed by atoms with E-state index < -0.39 is 5.82 Å². The molecule has 1 heterocycles. The van der Waals surface area contributed by atoms with E-state index in [9.17, 15) is 5.26 Å². The molecule has 0 N–H and O–H groups in total. The molecule has 0 bridgehead atoms. The van der Waals surface area contributed by atoms with Crippen LogP contribution >= 0.6 is 23.2 Å². The molecule has 0 aliphatic heterocycles. The summed E-state index contributed by atoms with van der Waals surface area (Å²) in [5, 5.41) is 26.4. The van der Waals surface area contributed by atoms with Crippen LogP contribution in [-0.4, -0.2) is 16.8 Å². The van der Waals surface area contributed by atoms with Gasteiger partial charge in [0.05, 0.1) is 29.7 Å². The molecule has 0 spiro atoms. The van der Waals surface area contributed by atoms with Crippen LogP contribution in [-0.2, 0) is 11.2 Å². The van der Waals surface area contributed by atoms with Crippen LogP contribution in [0, 0.1) is 28.5 Å². The molecule has 0 aliphatic carbocycles. The first-order valence-electron chi connectivity index (χ1n) is 9.28. The van der Waals surface area contributed by atoms with Crippen LogP contribution in [0.3, 0.4) is 0 Å². The fourth-order valence-electron chi connectivity index (χ4n) is 2.76. The summed E-state index contributed by atoms with van der Waals surface area (Å²) in [6.45, 7) is 3.77. The number of allylic oxidation sites excluding steroid dienone is 2. The van der Waals surface area contributed by atoms with Crippen molar-refractivity contribution in [1.29, 1.82) is 10.5 Å². The standard InChI is InChI=1S/C22H15Cl2FN4O3/c1-3-30-12(2)17(11-27)22-29-28-19(32-22)8-14-4-5-18(24)21(20(14)25)31-16-7-13(10-26)6-15(23)9-16/h4-7,9H,3,8H2,1-2H3/b17-12-. The van der Waals surface area contributed by atoms with Gasteiger partial charge in [-0.1, -0.05) is 29.3 Å². The van der Waals surface area contributed by atoms with E-state index in [4.69, 9.17) is 42.4 Å². The van der Waals surface area contributed by atoms with Crippen LogP contribution in [0.1, 0.15) is 36.8 Å². The SMILES string of the molecule is CCO/C(C)=C(/C#N)c1nnc(Cc2ccc(Cl)c(Oc3cc(Cl)cc(C#N)c3)c2F)o1. The van der Waals surface area contributed by atoms with Gasteiger partial charge in [-0.2, -0.15) is 10.5 Å². The topological polar surface area (TPSA) is 105 Å². The maximum Gasteiger partial charge on any atom is 0.261 e. The van der Waals surface area contributed by atoms with Crippen molar-refractivity contribution < 1.29 is 18.3 Å². The summed E-state index contributed by atoms with van der Waals surface area (Å²) < 4.78 is 31.6. The number of rotatable bonds is 7. The second-order valence-corrected chi connectivity index (χ2v) is 7.24. The molecule has 0 fully saturated rings. The summed E-state index contributed by atoms with van der Waals surface area (Å²) in [5.74, 6) is -0.419. The van der Waals surface area contributed by atoms with Crippen LogP contribution in [0.5, 0.6) is 11.5 Å². The molecule has 0 amide bonds. The Morgan fingerprint density at radius 1 is 1.19 bits per heavy atom. The van der Waals surface area contributed by atoms with Gasteiger partial charge < -0.3 is 13.9 Å². The molecular weight excluding hydrogens is 458 g/mol. The minimum atomic E-state index is -0.739. The zero-order chi connectivity index (χ0) is 23.3. The van der Waals surface area contributed by atoms with Crippen LogP contribution in [0.15, 0.2) is 40.5 Å². The maximum absolute atomic E-state index is 15.2. The number of nitriles is 2. The van der Waals surface area contributed by atoms with Gasteiger partial charge in [-0.3, -0.25) is 0 Å². The summed E-state index contributed by atoms with van der Waals surface area (Å²) in [5.41, 5.74) is 0.522. The smallest absolute Gasteiger partial charge is 0.261 e. The zero-order valence-corrected chi connectivity index (χ0v) is 18.5. The normalized spacial score (nSPS) is 11.3. The molecular formula is C22H15Cl2FN4O3. The van der Waals surface area contributed by atoms with Gasteiger partial charge in [-0.15, -0.1) is 10.2 Å². The highest BCUT2D eigenvalue weighted by molar-refractivity contribution is 6.32. The largest absolute Gasteiger partial charge is 0.497 e. The first-order valence-corrected chi connectivity index (χ1v) is 10.0. The molecule has 0 unspecified atom stereocenters. The highest BCUT2D eigenvalue weighted by atomic mass is 35.5. The Morgan fingerprint density at radius 3 is 2.66 bits per heavy atom. The van der Waals surface area contributed by atoms with Crippen molar-refractivity contribution in [2.75, 3.05) is 6.61 Å². The highest BCUT2D eigenvalue weighted by Crippen LogP contribution is 2.36. The summed E-state index contributed by atoms with van der Waals surface area (Å²) in [6, 6.07) is 11.1. The lowest BCUT2D eigenvalue weighted by atomic mass is 10.1. The predicted molar refractivity (Wildman–Crippen MR) is 115 cm³/mol. The fourth-order valence-corrected chi connectivity index (χ4v) is 3.17. The highest BCUT2D eigenvalue weighted by Gasteiger charge is 2.20. The number of benzene rings is 2. The lowest BCUT2D eigenvalue weighted by molar-refractivity contribution is 0.233. The molecule has 10 heteroatoms. The van der Waals surface area contributed by atoms with Crippen LogP contribution in [0.4, 0.5) is 4.39 Å². The van der Waals surface area contributed by atoms with E-state index in [1.807, 2.05) is 12.1 Å². The Morgan fingerprint density at radius 2 is 1.97 bits per heavy atom. The van der Waals surface area contributed by atoms with Gasteiger partial charge >= 0.3 is 0 Å².